The van der Waals surface area contributed by atoms with E-state index in [4.69, 9.17) is 0 Å². The van der Waals surface area contributed by atoms with Crippen molar-refractivity contribution in [2.24, 2.45) is 11.1 Å². The van der Waals surface area contributed by atoms with Crippen molar-refractivity contribution in [2.75, 3.05) is 0 Å². The molecule has 1 rings (SSSR count). The standard InChI is InChI=1S/C9H13NO2/c11-9(10-12)7-3-6-8-4-1-2-5-8/h1-2,8H,3-7H2. The molecule has 0 radical (unpaired) electrons. The van der Waals surface area contributed by atoms with Gasteiger partial charge in [0.2, 0.25) is 0 Å². The quantitative estimate of drug-likeness (QED) is 0.476. The summed E-state index contributed by atoms with van der Waals surface area (Å²) in [5.41, 5.74) is 0. The topological polar surface area (TPSA) is 46.5 Å². The van der Waals surface area contributed by atoms with Crippen LogP contribution in [0.1, 0.15) is 32.1 Å². The van der Waals surface area contributed by atoms with E-state index >= 15 is 0 Å². The van der Waals surface area contributed by atoms with Crippen LogP contribution < -0.4 is 0 Å². The van der Waals surface area contributed by atoms with E-state index in [1.54, 1.807) is 0 Å². The van der Waals surface area contributed by atoms with Gasteiger partial charge in [-0.05, 0) is 31.6 Å². The second-order valence-electron chi connectivity index (χ2n) is 3.19. The summed E-state index contributed by atoms with van der Waals surface area (Å²) in [4.78, 5) is 20.2. The first-order valence-electron chi connectivity index (χ1n) is 4.34. The molecule has 0 saturated carbocycles. The molecule has 0 saturated heterocycles. The molecule has 0 atom stereocenters. The fourth-order valence-corrected chi connectivity index (χ4v) is 1.50. The Labute approximate surface area is 71.8 Å². The van der Waals surface area contributed by atoms with Crippen molar-refractivity contribution in [1.29, 1.82) is 0 Å². The third-order valence-corrected chi connectivity index (χ3v) is 2.21. The van der Waals surface area contributed by atoms with Crippen molar-refractivity contribution >= 4 is 5.91 Å². The van der Waals surface area contributed by atoms with Crippen LogP contribution >= 0.6 is 0 Å². The number of rotatable bonds is 4. The van der Waals surface area contributed by atoms with E-state index in [9.17, 15) is 9.70 Å². The number of amides is 1. The average Bonchev–Trinajstić information content (AvgIpc) is 2.57. The van der Waals surface area contributed by atoms with Crippen LogP contribution in [0, 0.1) is 10.8 Å². The summed E-state index contributed by atoms with van der Waals surface area (Å²) in [5, 5.41) is 2.35. The highest BCUT2D eigenvalue weighted by molar-refractivity contribution is 5.76. The molecule has 0 aromatic heterocycles. The van der Waals surface area contributed by atoms with Crippen LogP contribution in [-0.4, -0.2) is 5.91 Å². The lowest BCUT2D eigenvalue weighted by Gasteiger charge is -2.05. The molecule has 0 fully saturated rings. The van der Waals surface area contributed by atoms with Crippen LogP contribution in [0.2, 0.25) is 0 Å². The first-order chi connectivity index (χ1) is 5.83. The maximum absolute atomic E-state index is 10.5. The number of carbonyl (C=O) groups excluding carboxylic acids is 1. The van der Waals surface area contributed by atoms with Crippen molar-refractivity contribution in [3.05, 3.63) is 17.1 Å². The molecule has 0 aromatic carbocycles. The molecule has 0 unspecified atom stereocenters. The van der Waals surface area contributed by atoms with Crippen LogP contribution in [0.5, 0.6) is 0 Å². The monoisotopic (exact) mass is 167 g/mol. The second-order valence-corrected chi connectivity index (χ2v) is 3.19. The molecule has 1 aliphatic rings. The summed E-state index contributed by atoms with van der Waals surface area (Å²) < 4.78 is 0. The largest absolute Gasteiger partial charge is 0.286 e. The van der Waals surface area contributed by atoms with Crippen LogP contribution in [0.25, 0.3) is 0 Å². The van der Waals surface area contributed by atoms with Crippen LogP contribution in [-0.2, 0) is 4.79 Å². The molecule has 3 heteroatoms. The minimum atomic E-state index is -0.513. The summed E-state index contributed by atoms with van der Waals surface area (Å²) in [6.45, 7) is 0. The average molecular weight is 167 g/mol. The van der Waals surface area contributed by atoms with Gasteiger partial charge in [0.25, 0.3) is 5.91 Å². The Kier molecular flexibility index (Phi) is 3.64. The Morgan fingerprint density at radius 2 is 2.08 bits per heavy atom. The zero-order chi connectivity index (χ0) is 8.81. The summed E-state index contributed by atoms with van der Waals surface area (Å²) in [6, 6.07) is 0. The summed E-state index contributed by atoms with van der Waals surface area (Å²) in [7, 11) is 0. The molecule has 0 N–H and O–H groups in total. The Hall–Kier alpha value is -0.990. The van der Waals surface area contributed by atoms with Gasteiger partial charge in [-0.1, -0.05) is 12.2 Å². The predicted octanol–water partition coefficient (Wildman–Crippen LogP) is 2.42. The Bertz CT molecular complexity index is 191. The predicted molar refractivity (Wildman–Crippen MR) is 46.5 cm³/mol. The van der Waals surface area contributed by atoms with E-state index in [1.165, 1.54) is 0 Å². The number of nitrogens with zero attached hydrogens (tertiary/aromatic N) is 1. The van der Waals surface area contributed by atoms with Gasteiger partial charge in [0.1, 0.15) is 0 Å². The molecule has 0 bridgehead atoms. The number of hydrogen-bond acceptors (Lipinski definition) is 2. The fourth-order valence-electron chi connectivity index (χ4n) is 1.50. The van der Waals surface area contributed by atoms with Crippen molar-refractivity contribution < 1.29 is 4.79 Å². The van der Waals surface area contributed by atoms with Crippen molar-refractivity contribution in [1.82, 2.24) is 0 Å². The lowest BCUT2D eigenvalue weighted by atomic mass is 10.00. The van der Waals surface area contributed by atoms with Crippen molar-refractivity contribution in [2.45, 2.75) is 32.1 Å². The third-order valence-electron chi connectivity index (χ3n) is 2.21. The molecule has 0 spiro atoms. The first-order valence-corrected chi connectivity index (χ1v) is 4.34. The van der Waals surface area contributed by atoms with Gasteiger partial charge in [0.05, 0.1) is 0 Å². The minimum Gasteiger partial charge on any atom is -0.269 e. The molecular weight excluding hydrogens is 154 g/mol. The van der Waals surface area contributed by atoms with Gasteiger partial charge in [-0.2, -0.15) is 0 Å². The zero-order valence-electron chi connectivity index (χ0n) is 7.03. The third kappa shape index (κ3) is 2.95. The summed E-state index contributed by atoms with van der Waals surface area (Å²) in [6.07, 6.45) is 8.76. The molecule has 0 aromatic rings. The number of hydrogen-bond donors (Lipinski definition) is 0. The smallest absolute Gasteiger partial charge is 0.269 e. The van der Waals surface area contributed by atoms with Gasteiger partial charge in [-0.15, -0.1) is 4.91 Å². The normalized spacial score (nSPS) is 16.7. The van der Waals surface area contributed by atoms with E-state index in [-0.39, 0.29) is 0 Å². The molecule has 0 heterocycles. The van der Waals surface area contributed by atoms with Gasteiger partial charge < -0.3 is 0 Å². The highest BCUT2D eigenvalue weighted by atomic mass is 16.3. The lowest BCUT2D eigenvalue weighted by molar-refractivity contribution is -0.118. The minimum absolute atomic E-state index is 0.319. The van der Waals surface area contributed by atoms with Gasteiger partial charge in [0, 0.05) is 11.6 Å². The molecule has 1 amide bonds. The van der Waals surface area contributed by atoms with E-state index < -0.39 is 5.91 Å². The van der Waals surface area contributed by atoms with Crippen molar-refractivity contribution in [3.8, 4) is 0 Å². The SMILES string of the molecule is O=NC(=O)CCCC1CC=CC1. The summed E-state index contributed by atoms with van der Waals surface area (Å²) >= 11 is 0. The summed E-state index contributed by atoms with van der Waals surface area (Å²) in [5.74, 6) is 0.186. The van der Waals surface area contributed by atoms with Crippen LogP contribution in [0.15, 0.2) is 17.3 Å². The van der Waals surface area contributed by atoms with E-state index in [2.05, 4.69) is 17.3 Å². The Morgan fingerprint density at radius 1 is 1.42 bits per heavy atom. The second kappa shape index (κ2) is 4.80. The van der Waals surface area contributed by atoms with Crippen LogP contribution in [0.3, 0.4) is 0 Å². The molecule has 12 heavy (non-hydrogen) atoms. The highest BCUT2D eigenvalue weighted by Crippen LogP contribution is 2.23. The number of allylic oxidation sites excluding steroid dienone is 2. The van der Waals surface area contributed by atoms with Gasteiger partial charge in [0.15, 0.2) is 0 Å². The van der Waals surface area contributed by atoms with Crippen molar-refractivity contribution in [3.63, 3.8) is 0 Å². The van der Waals surface area contributed by atoms with Gasteiger partial charge in [-0.25, -0.2) is 0 Å². The molecule has 3 nitrogen and oxygen atoms in total. The molecule has 1 aliphatic carbocycles. The van der Waals surface area contributed by atoms with Crippen LogP contribution in [0.4, 0.5) is 0 Å². The molecule has 66 valence electrons. The van der Waals surface area contributed by atoms with E-state index in [1.807, 2.05) is 0 Å². The lowest BCUT2D eigenvalue weighted by Crippen LogP contribution is -1.97. The molecular formula is C9H13NO2. The van der Waals surface area contributed by atoms with Gasteiger partial charge in [-0.3, -0.25) is 4.79 Å². The first kappa shape index (κ1) is 9.10. The van der Waals surface area contributed by atoms with Gasteiger partial charge >= 0.3 is 0 Å². The Morgan fingerprint density at radius 3 is 2.67 bits per heavy atom. The van der Waals surface area contributed by atoms with E-state index in [0.717, 1.165) is 25.7 Å². The zero-order valence-corrected chi connectivity index (χ0v) is 7.03. The fraction of sp³-hybridized carbons (Fsp3) is 0.667. The molecule has 0 aliphatic heterocycles. The van der Waals surface area contributed by atoms with E-state index in [0.29, 0.717) is 12.3 Å². The maximum Gasteiger partial charge on any atom is 0.286 e. The number of nitroso groups, excluding NO2 is 1. The number of carbonyl (C=O) groups is 1. The maximum atomic E-state index is 10.5. The highest BCUT2D eigenvalue weighted by Gasteiger charge is 2.10. The Balaban J connectivity index is 2.02.